The minimum Gasteiger partial charge on any atom is -0.350 e. The zero-order chi connectivity index (χ0) is 16.8. The summed E-state index contributed by atoms with van der Waals surface area (Å²) in [5.41, 5.74) is -1.41. The number of nitrogens with zero attached hydrogens (tertiary/aromatic N) is 2. The quantitative estimate of drug-likeness (QED) is 0.793. The molecule has 1 spiro atoms. The van der Waals surface area contributed by atoms with Crippen molar-refractivity contribution in [1.82, 2.24) is 15.2 Å². The molecule has 23 heavy (non-hydrogen) atoms. The van der Waals surface area contributed by atoms with E-state index in [1.165, 1.54) is 4.90 Å². The molecule has 0 unspecified atom stereocenters. The molecule has 3 heterocycles. The van der Waals surface area contributed by atoms with Gasteiger partial charge in [0.05, 0.1) is 16.1 Å². The summed E-state index contributed by atoms with van der Waals surface area (Å²) < 4.78 is 37.8. The molecule has 124 valence electrons. The summed E-state index contributed by atoms with van der Waals surface area (Å²) in [6.07, 6.45) is -2.27. The molecule has 2 aliphatic heterocycles. The number of amides is 2. The van der Waals surface area contributed by atoms with Crippen LogP contribution in [0.2, 0.25) is 5.02 Å². The average Bonchev–Trinajstić information content (AvgIpc) is 2.45. The van der Waals surface area contributed by atoms with Crippen LogP contribution in [0.5, 0.6) is 0 Å². The third kappa shape index (κ3) is 2.99. The Morgan fingerprint density at radius 1 is 1.35 bits per heavy atom. The fourth-order valence-electron chi connectivity index (χ4n) is 2.92. The molecule has 2 saturated heterocycles. The van der Waals surface area contributed by atoms with E-state index in [1.807, 2.05) is 0 Å². The summed E-state index contributed by atoms with van der Waals surface area (Å²) in [5, 5.41) is 2.53. The van der Waals surface area contributed by atoms with Gasteiger partial charge in [-0.2, -0.15) is 13.2 Å². The lowest BCUT2D eigenvalue weighted by molar-refractivity contribution is -0.138. The topological polar surface area (TPSA) is 62.3 Å². The van der Waals surface area contributed by atoms with Gasteiger partial charge in [-0.15, -0.1) is 0 Å². The van der Waals surface area contributed by atoms with Crippen molar-refractivity contribution in [2.45, 2.75) is 31.0 Å². The highest BCUT2D eigenvalue weighted by Crippen LogP contribution is 2.34. The van der Waals surface area contributed by atoms with Gasteiger partial charge < -0.3 is 10.2 Å². The molecule has 2 amide bonds. The molecule has 0 saturated carbocycles. The van der Waals surface area contributed by atoms with Gasteiger partial charge in [-0.3, -0.25) is 9.59 Å². The number of halogens is 4. The lowest BCUT2D eigenvalue weighted by Crippen LogP contribution is -2.65. The highest BCUT2D eigenvalue weighted by molar-refractivity contribution is 6.33. The number of carbonyl (C=O) groups is 2. The van der Waals surface area contributed by atoms with Crippen LogP contribution in [0.4, 0.5) is 13.2 Å². The molecule has 1 N–H and O–H groups in total. The number of piperidine rings is 1. The van der Waals surface area contributed by atoms with E-state index >= 15 is 0 Å². The first kappa shape index (κ1) is 16.0. The van der Waals surface area contributed by atoms with E-state index < -0.39 is 17.6 Å². The fraction of sp³-hybridized carbons (Fsp3) is 0.500. The summed E-state index contributed by atoms with van der Waals surface area (Å²) >= 11 is 5.80. The average molecular weight is 348 g/mol. The van der Waals surface area contributed by atoms with Crippen LogP contribution in [0, 0.1) is 0 Å². The zero-order valence-electron chi connectivity index (χ0n) is 11.9. The van der Waals surface area contributed by atoms with Gasteiger partial charge in [-0.25, -0.2) is 4.98 Å². The van der Waals surface area contributed by atoms with Gasteiger partial charge in [0, 0.05) is 25.7 Å². The molecule has 0 atom stereocenters. The van der Waals surface area contributed by atoms with Crippen LogP contribution in [-0.2, 0) is 11.0 Å². The van der Waals surface area contributed by atoms with Crippen LogP contribution < -0.4 is 5.32 Å². The smallest absolute Gasteiger partial charge is 0.350 e. The Hall–Kier alpha value is -1.83. The number of rotatable bonds is 1. The second-order valence-corrected chi connectivity index (χ2v) is 6.26. The van der Waals surface area contributed by atoms with Crippen molar-refractivity contribution in [3.05, 3.63) is 28.5 Å². The van der Waals surface area contributed by atoms with Crippen LogP contribution in [0.25, 0.3) is 0 Å². The van der Waals surface area contributed by atoms with Crippen LogP contribution in [-0.4, -0.2) is 40.3 Å². The first-order chi connectivity index (χ1) is 10.7. The van der Waals surface area contributed by atoms with Crippen molar-refractivity contribution in [3.8, 4) is 0 Å². The van der Waals surface area contributed by atoms with E-state index in [2.05, 4.69) is 10.3 Å². The van der Waals surface area contributed by atoms with Crippen LogP contribution in [0.15, 0.2) is 12.3 Å². The molecule has 1 aromatic heterocycles. The van der Waals surface area contributed by atoms with Crippen LogP contribution >= 0.6 is 11.6 Å². The second-order valence-electron chi connectivity index (χ2n) is 5.85. The summed E-state index contributed by atoms with van der Waals surface area (Å²) in [6, 6.07) is 0.708. The van der Waals surface area contributed by atoms with E-state index in [1.54, 1.807) is 0 Å². The monoisotopic (exact) mass is 347 g/mol. The Labute approximate surface area is 134 Å². The van der Waals surface area contributed by atoms with Gasteiger partial charge in [0.15, 0.2) is 0 Å². The van der Waals surface area contributed by atoms with Crippen molar-refractivity contribution in [2.75, 3.05) is 13.1 Å². The third-order valence-corrected chi connectivity index (χ3v) is 4.57. The van der Waals surface area contributed by atoms with Crippen molar-refractivity contribution in [1.29, 1.82) is 0 Å². The number of nitrogens with one attached hydrogen (secondary N) is 1. The number of likely N-dealkylation sites (tertiary alicyclic amines) is 1. The van der Waals surface area contributed by atoms with E-state index in [-0.39, 0.29) is 22.2 Å². The summed E-state index contributed by atoms with van der Waals surface area (Å²) in [4.78, 5) is 28.5. The normalized spacial score (nSPS) is 20.2. The van der Waals surface area contributed by atoms with Gasteiger partial charge in [-0.05, 0) is 18.9 Å². The maximum Gasteiger partial charge on any atom is 0.417 e. The Bertz CT molecular complexity index is 660. The number of aromatic nitrogens is 1. The number of hydrogen-bond donors (Lipinski definition) is 1. The first-order valence-corrected chi connectivity index (χ1v) is 7.41. The molecule has 5 nitrogen and oxygen atoms in total. The minimum absolute atomic E-state index is 0.00257. The first-order valence-electron chi connectivity index (χ1n) is 7.03. The zero-order valence-corrected chi connectivity index (χ0v) is 12.7. The maximum atomic E-state index is 12.6. The molecule has 0 radical (unpaired) electrons. The lowest BCUT2D eigenvalue weighted by Gasteiger charge is -2.47. The molecule has 2 aliphatic rings. The Balaban J connectivity index is 1.70. The van der Waals surface area contributed by atoms with Gasteiger partial charge >= 0.3 is 6.18 Å². The van der Waals surface area contributed by atoms with E-state index in [0.29, 0.717) is 44.6 Å². The lowest BCUT2D eigenvalue weighted by atomic mass is 9.78. The predicted octanol–water partition coefficient (Wildman–Crippen LogP) is 2.25. The summed E-state index contributed by atoms with van der Waals surface area (Å²) in [7, 11) is 0. The van der Waals surface area contributed by atoms with Gasteiger partial charge in [-0.1, -0.05) is 11.6 Å². The van der Waals surface area contributed by atoms with Gasteiger partial charge in [0.1, 0.15) is 5.69 Å². The molecular formula is C14H13ClF3N3O2. The van der Waals surface area contributed by atoms with Crippen molar-refractivity contribution in [3.63, 3.8) is 0 Å². The molecule has 1 aromatic rings. The van der Waals surface area contributed by atoms with Crippen molar-refractivity contribution in [2.24, 2.45) is 0 Å². The molecule has 3 rings (SSSR count). The summed E-state index contributed by atoms with van der Waals surface area (Å²) in [6.45, 7) is 0.802. The van der Waals surface area contributed by atoms with E-state index in [0.717, 1.165) is 0 Å². The largest absolute Gasteiger partial charge is 0.417 e. The Morgan fingerprint density at radius 3 is 2.43 bits per heavy atom. The number of pyridine rings is 1. The van der Waals surface area contributed by atoms with Crippen LogP contribution in [0.3, 0.4) is 0 Å². The number of hydrogen-bond acceptors (Lipinski definition) is 3. The second kappa shape index (κ2) is 5.36. The number of alkyl halides is 3. The molecule has 9 heteroatoms. The number of β-lactam (4-membered cyclic amide) rings is 1. The van der Waals surface area contributed by atoms with Gasteiger partial charge in [0.25, 0.3) is 5.91 Å². The number of carbonyl (C=O) groups excluding carboxylic acids is 2. The van der Waals surface area contributed by atoms with Gasteiger partial charge in [0.2, 0.25) is 5.91 Å². The van der Waals surface area contributed by atoms with E-state index in [4.69, 9.17) is 11.6 Å². The predicted molar refractivity (Wildman–Crippen MR) is 74.9 cm³/mol. The molecule has 0 aliphatic carbocycles. The van der Waals surface area contributed by atoms with Crippen molar-refractivity contribution < 1.29 is 22.8 Å². The highest BCUT2D eigenvalue weighted by Gasteiger charge is 2.45. The minimum atomic E-state index is -4.56. The Morgan fingerprint density at radius 2 is 1.96 bits per heavy atom. The maximum absolute atomic E-state index is 12.6. The third-order valence-electron chi connectivity index (χ3n) is 4.28. The SMILES string of the molecule is O=C1CC2(CCN(C(=O)c3ncc(C(F)(F)F)cc3Cl)CC2)N1. The molecule has 2 fully saturated rings. The van der Waals surface area contributed by atoms with Crippen LogP contribution in [0.1, 0.15) is 35.3 Å². The highest BCUT2D eigenvalue weighted by atomic mass is 35.5. The fourth-order valence-corrected chi connectivity index (χ4v) is 3.17. The Kier molecular flexibility index (Phi) is 3.74. The van der Waals surface area contributed by atoms with E-state index in [9.17, 15) is 22.8 Å². The molecule has 0 bridgehead atoms. The molecular weight excluding hydrogens is 335 g/mol. The molecule has 0 aromatic carbocycles. The summed E-state index contributed by atoms with van der Waals surface area (Å²) in [5.74, 6) is -0.499. The van der Waals surface area contributed by atoms with Crippen molar-refractivity contribution >= 4 is 23.4 Å². The standard InChI is InChI=1S/C14H13ClF3N3O2/c15-9-5-8(14(16,17)18)7-19-11(9)12(23)21-3-1-13(2-4-21)6-10(22)20-13/h5,7H,1-4,6H2,(H,20,22).